The van der Waals surface area contributed by atoms with Crippen molar-refractivity contribution >= 4 is 43.4 Å². The van der Waals surface area contributed by atoms with Gasteiger partial charge in [-0.25, -0.2) is 9.37 Å². The van der Waals surface area contributed by atoms with Gasteiger partial charge in [-0.3, -0.25) is 9.69 Å². The SMILES string of the molecule is O=C(c1ccc2ccccc2c1)N(CC1CCCO1)c1nc2ccc(F)cc2s1. The molecule has 6 heteroatoms. The molecular formula is C23H19FN2O2S. The molecule has 0 bridgehead atoms. The summed E-state index contributed by atoms with van der Waals surface area (Å²) in [7, 11) is 0. The predicted molar refractivity (Wildman–Crippen MR) is 114 cm³/mol. The van der Waals surface area contributed by atoms with Crippen molar-refractivity contribution in [3.8, 4) is 0 Å². The molecule has 5 rings (SSSR count). The molecule has 1 atom stereocenters. The quantitative estimate of drug-likeness (QED) is 0.455. The van der Waals surface area contributed by atoms with Crippen LogP contribution in [0.2, 0.25) is 0 Å². The van der Waals surface area contributed by atoms with E-state index in [1.165, 1.54) is 23.5 Å². The van der Waals surface area contributed by atoms with Gasteiger partial charge in [0.2, 0.25) is 0 Å². The molecule has 1 saturated heterocycles. The van der Waals surface area contributed by atoms with E-state index in [-0.39, 0.29) is 17.8 Å². The van der Waals surface area contributed by atoms with Crippen LogP contribution in [-0.4, -0.2) is 30.1 Å². The van der Waals surface area contributed by atoms with Crippen LogP contribution in [0.15, 0.2) is 60.7 Å². The molecule has 1 aliphatic rings. The summed E-state index contributed by atoms with van der Waals surface area (Å²) in [4.78, 5) is 19.8. The monoisotopic (exact) mass is 406 g/mol. The number of carbonyl (C=O) groups excluding carboxylic acids is 1. The van der Waals surface area contributed by atoms with Gasteiger partial charge in [-0.15, -0.1) is 0 Å². The molecule has 1 aliphatic heterocycles. The smallest absolute Gasteiger partial charge is 0.260 e. The minimum atomic E-state index is -0.306. The van der Waals surface area contributed by atoms with Gasteiger partial charge in [-0.05, 0) is 53.9 Å². The van der Waals surface area contributed by atoms with E-state index >= 15 is 0 Å². The third-order valence-corrected chi connectivity index (χ3v) is 6.26. The van der Waals surface area contributed by atoms with E-state index < -0.39 is 0 Å². The van der Waals surface area contributed by atoms with Gasteiger partial charge in [0.05, 0.1) is 22.9 Å². The summed E-state index contributed by atoms with van der Waals surface area (Å²) in [5, 5.41) is 2.67. The van der Waals surface area contributed by atoms with Crippen LogP contribution in [0, 0.1) is 5.82 Å². The van der Waals surface area contributed by atoms with Gasteiger partial charge in [0.15, 0.2) is 5.13 Å². The lowest BCUT2D eigenvalue weighted by Crippen LogP contribution is -2.37. The zero-order chi connectivity index (χ0) is 19.8. The highest BCUT2D eigenvalue weighted by Crippen LogP contribution is 2.31. The van der Waals surface area contributed by atoms with Crippen LogP contribution >= 0.6 is 11.3 Å². The fourth-order valence-electron chi connectivity index (χ4n) is 3.72. The Morgan fingerprint density at radius 2 is 2.00 bits per heavy atom. The van der Waals surface area contributed by atoms with Crippen LogP contribution in [0.3, 0.4) is 0 Å². The second kappa shape index (κ2) is 7.54. The van der Waals surface area contributed by atoms with Crippen LogP contribution in [0.25, 0.3) is 21.0 Å². The lowest BCUT2D eigenvalue weighted by atomic mass is 10.1. The maximum atomic E-state index is 13.6. The lowest BCUT2D eigenvalue weighted by Gasteiger charge is -2.23. The van der Waals surface area contributed by atoms with E-state index in [1.807, 2.05) is 42.5 Å². The van der Waals surface area contributed by atoms with E-state index in [1.54, 1.807) is 11.0 Å². The van der Waals surface area contributed by atoms with Crippen LogP contribution in [0.5, 0.6) is 0 Å². The summed E-state index contributed by atoms with van der Waals surface area (Å²) in [5.74, 6) is -0.426. The van der Waals surface area contributed by atoms with Gasteiger partial charge in [0.1, 0.15) is 5.82 Å². The van der Waals surface area contributed by atoms with E-state index in [9.17, 15) is 9.18 Å². The van der Waals surface area contributed by atoms with E-state index in [4.69, 9.17) is 4.74 Å². The Balaban J connectivity index is 1.55. The molecule has 29 heavy (non-hydrogen) atoms. The number of aromatic nitrogens is 1. The largest absolute Gasteiger partial charge is 0.376 e. The second-order valence-corrected chi connectivity index (χ2v) is 8.23. The average Bonchev–Trinajstić information content (AvgIpc) is 3.40. The highest BCUT2D eigenvalue weighted by atomic mass is 32.1. The molecule has 0 radical (unpaired) electrons. The normalized spacial score (nSPS) is 16.5. The molecule has 4 nitrogen and oxygen atoms in total. The first-order valence-electron chi connectivity index (χ1n) is 9.66. The second-order valence-electron chi connectivity index (χ2n) is 7.22. The van der Waals surface area contributed by atoms with Gasteiger partial charge in [0, 0.05) is 12.2 Å². The van der Waals surface area contributed by atoms with Gasteiger partial charge in [-0.1, -0.05) is 41.7 Å². The molecule has 0 saturated carbocycles. The fourth-order valence-corrected chi connectivity index (χ4v) is 4.72. The van der Waals surface area contributed by atoms with E-state index in [0.29, 0.717) is 29.4 Å². The van der Waals surface area contributed by atoms with Gasteiger partial charge >= 0.3 is 0 Å². The third-order valence-electron chi connectivity index (χ3n) is 5.22. The number of anilines is 1. The number of hydrogen-bond donors (Lipinski definition) is 0. The minimum absolute atomic E-state index is 0.0110. The first-order valence-corrected chi connectivity index (χ1v) is 10.5. The Labute approximate surface area is 171 Å². The number of thiazole rings is 1. The van der Waals surface area contributed by atoms with E-state index in [2.05, 4.69) is 4.98 Å². The Morgan fingerprint density at radius 1 is 1.14 bits per heavy atom. The number of benzene rings is 3. The maximum Gasteiger partial charge on any atom is 0.260 e. The maximum absolute atomic E-state index is 13.6. The van der Waals surface area contributed by atoms with Crippen LogP contribution < -0.4 is 4.90 Å². The van der Waals surface area contributed by atoms with Gasteiger partial charge in [0.25, 0.3) is 5.91 Å². The fraction of sp³-hybridized carbons (Fsp3) is 0.217. The summed E-state index contributed by atoms with van der Waals surface area (Å²) in [6, 6.07) is 18.2. The molecule has 3 aromatic carbocycles. The summed E-state index contributed by atoms with van der Waals surface area (Å²) in [6.07, 6.45) is 1.90. The Bertz CT molecular complexity index is 1200. The Kier molecular flexibility index (Phi) is 4.73. The summed E-state index contributed by atoms with van der Waals surface area (Å²) >= 11 is 1.33. The average molecular weight is 406 g/mol. The third kappa shape index (κ3) is 3.61. The molecule has 2 heterocycles. The number of nitrogens with zero attached hydrogens (tertiary/aromatic N) is 2. The van der Waals surface area contributed by atoms with Crippen molar-refractivity contribution in [3.63, 3.8) is 0 Å². The van der Waals surface area contributed by atoms with Crippen molar-refractivity contribution in [2.75, 3.05) is 18.1 Å². The van der Waals surface area contributed by atoms with Crippen LogP contribution in [0.4, 0.5) is 9.52 Å². The van der Waals surface area contributed by atoms with Crippen LogP contribution in [0.1, 0.15) is 23.2 Å². The number of hydrogen-bond acceptors (Lipinski definition) is 4. The van der Waals surface area contributed by atoms with Crippen molar-refractivity contribution < 1.29 is 13.9 Å². The zero-order valence-electron chi connectivity index (χ0n) is 15.7. The summed E-state index contributed by atoms with van der Waals surface area (Å²) in [5.41, 5.74) is 1.29. The Morgan fingerprint density at radius 3 is 2.83 bits per heavy atom. The highest BCUT2D eigenvalue weighted by Gasteiger charge is 2.27. The number of ether oxygens (including phenoxy) is 1. The number of carbonyl (C=O) groups is 1. The first-order chi connectivity index (χ1) is 14.2. The lowest BCUT2D eigenvalue weighted by molar-refractivity contribution is 0.0917. The number of amides is 1. The van der Waals surface area contributed by atoms with E-state index in [0.717, 1.165) is 28.3 Å². The van der Waals surface area contributed by atoms with Crippen LogP contribution in [-0.2, 0) is 4.74 Å². The highest BCUT2D eigenvalue weighted by molar-refractivity contribution is 7.22. The summed E-state index contributed by atoms with van der Waals surface area (Å²) < 4.78 is 20.1. The van der Waals surface area contributed by atoms with Gasteiger partial charge < -0.3 is 4.74 Å². The molecule has 0 N–H and O–H groups in total. The predicted octanol–water partition coefficient (Wildman–Crippen LogP) is 5.41. The topological polar surface area (TPSA) is 42.4 Å². The van der Waals surface area contributed by atoms with Crippen molar-refractivity contribution in [3.05, 3.63) is 72.0 Å². The standard InChI is InChI=1S/C23H19FN2O2S/c24-18-9-10-20-21(13-18)29-23(25-20)26(14-19-6-3-11-28-19)22(27)17-8-7-15-4-1-2-5-16(15)12-17/h1-2,4-5,7-10,12-13,19H,3,6,11,14H2. The molecule has 0 spiro atoms. The van der Waals surface area contributed by atoms with Crippen molar-refractivity contribution in [2.24, 2.45) is 0 Å². The molecule has 1 amide bonds. The van der Waals surface area contributed by atoms with Gasteiger partial charge in [-0.2, -0.15) is 0 Å². The molecule has 0 aliphatic carbocycles. The number of rotatable bonds is 4. The van der Waals surface area contributed by atoms with Crippen molar-refractivity contribution in [1.29, 1.82) is 0 Å². The molecule has 1 unspecified atom stereocenters. The summed E-state index contributed by atoms with van der Waals surface area (Å²) in [6.45, 7) is 1.15. The minimum Gasteiger partial charge on any atom is -0.376 e. The zero-order valence-corrected chi connectivity index (χ0v) is 16.5. The number of halogens is 1. The van der Waals surface area contributed by atoms with Crippen molar-refractivity contribution in [2.45, 2.75) is 18.9 Å². The first kappa shape index (κ1) is 18.2. The molecule has 146 valence electrons. The van der Waals surface area contributed by atoms with Crippen molar-refractivity contribution in [1.82, 2.24) is 4.98 Å². The molecule has 4 aromatic rings. The molecular weight excluding hydrogens is 387 g/mol. The Hall–Kier alpha value is -2.83. The molecule has 1 fully saturated rings. The number of fused-ring (bicyclic) bond motifs is 2. The molecule has 1 aromatic heterocycles.